The number of carbonyl (C=O) groups excluding carboxylic acids is 2. The Bertz CT molecular complexity index is 1010. The number of esters is 2. The Morgan fingerprint density at radius 1 is 0.420 bits per heavy atom. The maximum Gasteiger partial charge on any atom is 0.306 e. The lowest BCUT2D eigenvalue weighted by molar-refractivity contribution is -0.152. The predicted molar refractivity (Wildman–Crippen MR) is 214 cm³/mol. The fraction of sp³-hybridized carbons (Fsp3) is 0.600. The SMILES string of the molecule is CCCCC/C=C\C/C=C\C/C=C\C/C=C\C/C=C\CCC(=O)OC[C@H](O)COC(=O)CCCCCC/C=C\C/C=C\C/C=C\CCCCC. The van der Waals surface area contributed by atoms with Gasteiger partial charge in [0.1, 0.15) is 19.3 Å². The maximum atomic E-state index is 12.0. The van der Waals surface area contributed by atoms with Crippen LogP contribution in [0.5, 0.6) is 0 Å². The third-order valence-corrected chi connectivity index (χ3v) is 7.81. The van der Waals surface area contributed by atoms with Gasteiger partial charge in [-0.2, -0.15) is 0 Å². The molecule has 0 radical (unpaired) electrons. The standard InChI is InChI=1S/C45H72O5/c1-3-5-7-9-11-13-15-17-19-21-22-24-26-28-30-32-34-36-38-40-45(48)50-42-43(46)41-49-44(47)39-37-35-33-31-29-27-25-23-20-18-16-14-12-10-8-6-4-2/h11-14,17-20,22,24-25,27-28,30,34,36,43,46H,3-10,15-16,21,23,26,29,31-33,35,37-42H2,1-2H3/b13-11-,14-12-,19-17-,20-18-,24-22-,27-25-,30-28-,36-34-/t43-/m1/s1. The highest BCUT2D eigenvalue weighted by Gasteiger charge is 2.11. The number of rotatable bonds is 34. The molecule has 1 N–H and O–H groups in total. The molecule has 0 aromatic heterocycles. The van der Waals surface area contributed by atoms with Gasteiger partial charge in [-0.15, -0.1) is 0 Å². The minimum Gasteiger partial charge on any atom is -0.463 e. The summed E-state index contributed by atoms with van der Waals surface area (Å²) < 4.78 is 10.3. The van der Waals surface area contributed by atoms with Crippen LogP contribution in [0.25, 0.3) is 0 Å². The van der Waals surface area contributed by atoms with Crippen molar-refractivity contribution in [3.63, 3.8) is 0 Å². The zero-order chi connectivity index (χ0) is 36.4. The van der Waals surface area contributed by atoms with Crippen LogP contribution in [0.4, 0.5) is 0 Å². The van der Waals surface area contributed by atoms with Gasteiger partial charge in [-0.25, -0.2) is 0 Å². The lowest BCUT2D eigenvalue weighted by Crippen LogP contribution is -2.25. The third kappa shape index (κ3) is 39.3. The van der Waals surface area contributed by atoms with Crippen molar-refractivity contribution in [1.82, 2.24) is 0 Å². The van der Waals surface area contributed by atoms with Gasteiger partial charge in [0.05, 0.1) is 0 Å². The Hall–Kier alpha value is -3.18. The minimum absolute atomic E-state index is 0.157. The van der Waals surface area contributed by atoms with Gasteiger partial charge >= 0.3 is 11.9 Å². The summed E-state index contributed by atoms with van der Waals surface area (Å²) in [4.78, 5) is 23.9. The first-order valence-electron chi connectivity index (χ1n) is 19.8. The van der Waals surface area contributed by atoms with Crippen LogP contribution in [0.2, 0.25) is 0 Å². The van der Waals surface area contributed by atoms with E-state index in [0.717, 1.165) is 70.6 Å². The van der Waals surface area contributed by atoms with E-state index in [1.165, 1.54) is 51.4 Å². The van der Waals surface area contributed by atoms with E-state index in [4.69, 9.17) is 9.47 Å². The molecule has 0 aliphatic heterocycles. The van der Waals surface area contributed by atoms with E-state index in [2.05, 4.69) is 98.9 Å². The molecule has 0 fully saturated rings. The summed E-state index contributed by atoms with van der Waals surface area (Å²) in [7, 11) is 0. The van der Waals surface area contributed by atoms with Crippen molar-refractivity contribution >= 4 is 11.9 Å². The van der Waals surface area contributed by atoms with Gasteiger partial charge < -0.3 is 14.6 Å². The predicted octanol–water partition coefficient (Wildman–Crippen LogP) is 12.5. The second-order valence-corrected chi connectivity index (χ2v) is 12.7. The Morgan fingerprint density at radius 3 is 1.14 bits per heavy atom. The molecule has 0 saturated carbocycles. The molecule has 0 bridgehead atoms. The van der Waals surface area contributed by atoms with Gasteiger partial charge in [0, 0.05) is 12.8 Å². The summed E-state index contributed by atoms with van der Waals surface area (Å²) in [6.07, 6.45) is 56.1. The Balaban J connectivity index is 3.65. The smallest absolute Gasteiger partial charge is 0.306 e. The van der Waals surface area contributed by atoms with Gasteiger partial charge in [0.15, 0.2) is 0 Å². The average Bonchev–Trinajstić information content (AvgIpc) is 3.12. The van der Waals surface area contributed by atoms with Crippen molar-refractivity contribution in [2.45, 2.75) is 161 Å². The molecule has 0 aromatic carbocycles. The molecule has 0 aliphatic rings. The molecule has 1 atom stereocenters. The first kappa shape index (κ1) is 46.8. The maximum absolute atomic E-state index is 12.0. The molecule has 0 amide bonds. The fourth-order valence-corrected chi connectivity index (χ4v) is 4.78. The zero-order valence-electron chi connectivity index (χ0n) is 31.9. The highest BCUT2D eigenvalue weighted by Crippen LogP contribution is 2.08. The number of hydrogen-bond acceptors (Lipinski definition) is 5. The first-order chi connectivity index (χ1) is 24.6. The quantitative estimate of drug-likeness (QED) is 0.0413. The van der Waals surface area contributed by atoms with Crippen LogP contribution < -0.4 is 0 Å². The lowest BCUT2D eigenvalue weighted by atomic mass is 10.1. The van der Waals surface area contributed by atoms with Gasteiger partial charge in [0.25, 0.3) is 0 Å². The Morgan fingerprint density at radius 2 is 0.740 bits per heavy atom. The van der Waals surface area contributed by atoms with Gasteiger partial charge in [-0.3, -0.25) is 9.59 Å². The largest absolute Gasteiger partial charge is 0.463 e. The molecular formula is C45H72O5. The second kappa shape index (κ2) is 40.3. The lowest BCUT2D eigenvalue weighted by Gasteiger charge is -2.12. The van der Waals surface area contributed by atoms with E-state index in [1.54, 1.807) is 0 Å². The summed E-state index contributed by atoms with van der Waals surface area (Å²) in [5.74, 6) is -0.692. The molecule has 0 spiro atoms. The molecule has 0 rings (SSSR count). The second-order valence-electron chi connectivity index (χ2n) is 12.7. The number of allylic oxidation sites excluding steroid dienone is 16. The third-order valence-electron chi connectivity index (χ3n) is 7.81. The van der Waals surface area contributed by atoms with Crippen molar-refractivity contribution in [3.05, 3.63) is 97.2 Å². The highest BCUT2D eigenvalue weighted by molar-refractivity contribution is 5.70. The van der Waals surface area contributed by atoms with E-state index >= 15 is 0 Å². The van der Waals surface area contributed by atoms with Crippen LogP contribution in [-0.2, 0) is 19.1 Å². The summed E-state index contributed by atoms with van der Waals surface area (Å²) in [6.45, 7) is 4.14. The molecule has 282 valence electrons. The summed E-state index contributed by atoms with van der Waals surface area (Å²) in [5.41, 5.74) is 0. The first-order valence-corrected chi connectivity index (χ1v) is 19.8. The Kier molecular flexibility index (Phi) is 37.7. The summed E-state index contributed by atoms with van der Waals surface area (Å²) >= 11 is 0. The molecule has 50 heavy (non-hydrogen) atoms. The van der Waals surface area contributed by atoms with Gasteiger partial charge in [-0.05, 0) is 89.9 Å². The van der Waals surface area contributed by atoms with E-state index in [-0.39, 0.29) is 31.6 Å². The van der Waals surface area contributed by atoms with Crippen molar-refractivity contribution in [2.24, 2.45) is 0 Å². The molecule has 0 saturated heterocycles. The number of unbranched alkanes of at least 4 members (excludes halogenated alkanes) is 10. The summed E-state index contributed by atoms with van der Waals surface area (Å²) in [6, 6.07) is 0. The Labute approximate surface area is 307 Å². The van der Waals surface area contributed by atoms with E-state index in [9.17, 15) is 14.7 Å². The normalized spacial score (nSPS) is 13.3. The molecule has 5 nitrogen and oxygen atoms in total. The highest BCUT2D eigenvalue weighted by atomic mass is 16.6. The van der Waals surface area contributed by atoms with Crippen LogP contribution in [0, 0.1) is 0 Å². The van der Waals surface area contributed by atoms with Crippen molar-refractivity contribution in [3.8, 4) is 0 Å². The number of carbonyl (C=O) groups is 2. The van der Waals surface area contributed by atoms with Crippen LogP contribution in [0.3, 0.4) is 0 Å². The number of aliphatic hydroxyl groups excluding tert-OH is 1. The number of hydrogen-bond donors (Lipinski definition) is 1. The minimum atomic E-state index is -1.01. The van der Waals surface area contributed by atoms with Gasteiger partial charge in [0.2, 0.25) is 0 Å². The van der Waals surface area contributed by atoms with E-state index < -0.39 is 6.10 Å². The zero-order valence-corrected chi connectivity index (χ0v) is 31.9. The van der Waals surface area contributed by atoms with Crippen LogP contribution in [0.15, 0.2) is 97.2 Å². The van der Waals surface area contributed by atoms with E-state index in [1.807, 2.05) is 12.2 Å². The number of ether oxygens (including phenoxy) is 2. The molecule has 0 aliphatic carbocycles. The molecule has 0 aromatic rings. The molecule has 0 unspecified atom stereocenters. The monoisotopic (exact) mass is 693 g/mol. The van der Waals surface area contributed by atoms with Crippen LogP contribution in [-0.4, -0.2) is 36.4 Å². The average molecular weight is 693 g/mol. The van der Waals surface area contributed by atoms with E-state index in [0.29, 0.717) is 12.8 Å². The topological polar surface area (TPSA) is 72.8 Å². The number of aliphatic hydroxyl groups is 1. The fourth-order valence-electron chi connectivity index (χ4n) is 4.78. The summed E-state index contributed by atoms with van der Waals surface area (Å²) in [5, 5.41) is 10.0. The molecule has 5 heteroatoms. The van der Waals surface area contributed by atoms with Crippen molar-refractivity contribution < 1.29 is 24.2 Å². The van der Waals surface area contributed by atoms with Crippen LogP contribution >= 0.6 is 0 Å². The van der Waals surface area contributed by atoms with Crippen molar-refractivity contribution in [1.29, 1.82) is 0 Å². The molecular weight excluding hydrogens is 620 g/mol. The van der Waals surface area contributed by atoms with Crippen molar-refractivity contribution in [2.75, 3.05) is 13.2 Å². The molecule has 0 heterocycles. The van der Waals surface area contributed by atoms with Crippen LogP contribution in [0.1, 0.15) is 155 Å². The van der Waals surface area contributed by atoms with Gasteiger partial charge in [-0.1, -0.05) is 150 Å².